The van der Waals surface area contributed by atoms with Gasteiger partial charge in [-0.1, -0.05) is 13.8 Å². The first-order chi connectivity index (χ1) is 12.3. The van der Waals surface area contributed by atoms with Crippen molar-refractivity contribution in [2.75, 3.05) is 13.2 Å². The molecule has 0 aliphatic carbocycles. The summed E-state index contributed by atoms with van der Waals surface area (Å²) in [7, 11) is -4.31. The van der Waals surface area contributed by atoms with Crippen LogP contribution in [0.1, 0.15) is 47.3 Å². The molecule has 0 aromatic carbocycles. The van der Waals surface area contributed by atoms with Crippen molar-refractivity contribution < 1.29 is 28.3 Å². The van der Waals surface area contributed by atoms with Crippen LogP contribution >= 0.6 is 7.82 Å². The van der Waals surface area contributed by atoms with E-state index in [1.54, 1.807) is 20.8 Å². The molecule has 0 amide bonds. The highest BCUT2D eigenvalue weighted by molar-refractivity contribution is 7.47. The predicted octanol–water partition coefficient (Wildman–Crippen LogP) is 1.39. The quantitative estimate of drug-likeness (QED) is 0.494. The minimum absolute atomic E-state index is 0.145. The summed E-state index contributed by atoms with van der Waals surface area (Å²) in [5, 5.41) is 9.59. The lowest BCUT2D eigenvalue weighted by Gasteiger charge is -2.28. The van der Waals surface area contributed by atoms with Crippen LogP contribution in [0, 0.1) is 5.92 Å². The van der Waals surface area contributed by atoms with Crippen LogP contribution < -0.4 is 11.2 Å². The predicted molar refractivity (Wildman–Crippen MR) is 98.4 cm³/mol. The van der Waals surface area contributed by atoms with Crippen LogP contribution in [0.3, 0.4) is 0 Å². The van der Waals surface area contributed by atoms with E-state index in [0.29, 0.717) is 6.42 Å². The van der Waals surface area contributed by atoms with Gasteiger partial charge in [-0.3, -0.25) is 23.4 Å². The normalized spacial score (nSPS) is 16.9. The first-order valence-electron chi connectivity index (χ1n) is 8.59. The first-order valence-corrected chi connectivity index (χ1v) is 10.1. The summed E-state index contributed by atoms with van der Waals surface area (Å²) in [5.41, 5.74) is -2.19. The number of nitrogens with zero attached hydrogens (tertiary/aromatic N) is 1. The maximum atomic E-state index is 12.0. The number of aliphatic hydroxyl groups is 1. The van der Waals surface area contributed by atoms with Gasteiger partial charge in [0.05, 0.1) is 24.9 Å². The van der Waals surface area contributed by atoms with E-state index >= 15 is 0 Å². The van der Waals surface area contributed by atoms with Crippen molar-refractivity contribution in [2.45, 2.75) is 59.0 Å². The van der Waals surface area contributed by atoms with Gasteiger partial charge in [-0.2, -0.15) is 0 Å². The number of phosphoric acid groups is 1. The molecular weight excluding hydrogens is 379 g/mol. The molecule has 0 saturated heterocycles. The molecule has 0 bridgehead atoms. The Morgan fingerprint density at radius 2 is 1.93 bits per heavy atom. The fourth-order valence-electron chi connectivity index (χ4n) is 2.31. The Balaban J connectivity index is 2.90. The molecule has 0 fully saturated rings. The van der Waals surface area contributed by atoms with Crippen molar-refractivity contribution in [3.05, 3.63) is 33.1 Å². The molecule has 11 heteroatoms. The molecule has 1 heterocycles. The van der Waals surface area contributed by atoms with Gasteiger partial charge in [0.25, 0.3) is 5.56 Å². The maximum Gasteiger partial charge on any atom is 0.472 e. The molecule has 3 atom stereocenters. The Bertz CT molecular complexity index is 752. The molecule has 10 nitrogen and oxygen atoms in total. The second-order valence-corrected chi connectivity index (χ2v) is 8.89. The number of H-pyrrole nitrogens is 1. The SMILES string of the molecule is CC(C)C[C@H](COP(=O)(O)OC(C)(C)C)O[C@H](CO)n1ccc(=O)[nH]c1=O. The molecule has 0 radical (unpaired) electrons. The first kappa shape index (κ1) is 23.7. The molecule has 0 aliphatic rings. The van der Waals surface area contributed by atoms with Crippen LogP contribution in [-0.2, 0) is 18.3 Å². The van der Waals surface area contributed by atoms with E-state index in [0.717, 1.165) is 10.6 Å². The van der Waals surface area contributed by atoms with E-state index in [2.05, 4.69) is 4.98 Å². The Morgan fingerprint density at radius 3 is 2.41 bits per heavy atom. The number of phosphoric ester groups is 1. The smallest absolute Gasteiger partial charge is 0.392 e. The lowest BCUT2D eigenvalue weighted by atomic mass is 10.1. The van der Waals surface area contributed by atoms with Crippen LogP contribution in [-0.4, -0.2) is 44.5 Å². The molecule has 1 aromatic heterocycles. The second kappa shape index (κ2) is 9.77. The average molecular weight is 408 g/mol. The van der Waals surface area contributed by atoms with Gasteiger partial charge >= 0.3 is 13.5 Å². The van der Waals surface area contributed by atoms with Gasteiger partial charge in [-0.25, -0.2) is 9.36 Å². The Labute approximate surface area is 157 Å². The molecule has 0 spiro atoms. The fourth-order valence-corrected chi connectivity index (χ4v) is 3.41. The Hall–Kier alpha value is -1.29. The van der Waals surface area contributed by atoms with E-state index in [9.17, 15) is 24.2 Å². The van der Waals surface area contributed by atoms with Crippen molar-refractivity contribution in [3.8, 4) is 0 Å². The van der Waals surface area contributed by atoms with Crippen LogP contribution in [0.15, 0.2) is 21.9 Å². The zero-order valence-corrected chi connectivity index (χ0v) is 17.1. The molecule has 0 aliphatic heterocycles. The molecule has 3 N–H and O–H groups in total. The summed E-state index contributed by atoms with van der Waals surface area (Å²) >= 11 is 0. The van der Waals surface area contributed by atoms with Crippen molar-refractivity contribution in [1.29, 1.82) is 0 Å². The third kappa shape index (κ3) is 8.96. The molecule has 156 valence electrons. The molecule has 27 heavy (non-hydrogen) atoms. The molecule has 1 aromatic rings. The summed E-state index contributed by atoms with van der Waals surface area (Å²) in [5.74, 6) is 0.145. The van der Waals surface area contributed by atoms with Gasteiger partial charge < -0.3 is 14.7 Å². The van der Waals surface area contributed by atoms with Crippen LogP contribution in [0.4, 0.5) is 0 Å². The number of hydrogen-bond donors (Lipinski definition) is 3. The van der Waals surface area contributed by atoms with E-state index in [1.165, 1.54) is 6.20 Å². The minimum Gasteiger partial charge on any atom is -0.392 e. The van der Waals surface area contributed by atoms with Crippen LogP contribution in [0.2, 0.25) is 0 Å². The highest BCUT2D eigenvalue weighted by Gasteiger charge is 2.31. The number of aliphatic hydroxyl groups excluding tert-OH is 1. The number of aromatic nitrogens is 2. The van der Waals surface area contributed by atoms with E-state index < -0.39 is 43.6 Å². The maximum absolute atomic E-state index is 12.0. The molecule has 1 unspecified atom stereocenters. The Morgan fingerprint density at radius 1 is 1.30 bits per heavy atom. The molecule has 0 saturated carbocycles. The van der Waals surface area contributed by atoms with Gasteiger partial charge in [0.15, 0.2) is 6.23 Å². The summed E-state index contributed by atoms with van der Waals surface area (Å²) in [6.45, 7) is 7.86. The average Bonchev–Trinajstić information content (AvgIpc) is 2.48. The lowest BCUT2D eigenvalue weighted by molar-refractivity contribution is -0.105. The Kier molecular flexibility index (Phi) is 8.59. The van der Waals surface area contributed by atoms with Gasteiger partial charge in [0.2, 0.25) is 0 Å². The van der Waals surface area contributed by atoms with Gasteiger partial charge in [-0.15, -0.1) is 0 Å². The van der Waals surface area contributed by atoms with Gasteiger partial charge in [-0.05, 0) is 33.1 Å². The summed E-state index contributed by atoms with van der Waals surface area (Å²) in [6, 6.07) is 1.13. The zero-order chi connectivity index (χ0) is 20.8. The second-order valence-electron chi connectivity index (χ2n) is 7.51. The monoisotopic (exact) mass is 408 g/mol. The van der Waals surface area contributed by atoms with E-state index in [-0.39, 0.29) is 12.5 Å². The van der Waals surface area contributed by atoms with Crippen molar-refractivity contribution in [3.63, 3.8) is 0 Å². The summed E-state index contributed by atoms with van der Waals surface area (Å²) < 4.78 is 28.8. The number of aromatic amines is 1. The van der Waals surface area contributed by atoms with E-state index in [1.807, 2.05) is 13.8 Å². The zero-order valence-electron chi connectivity index (χ0n) is 16.2. The van der Waals surface area contributed by atoms with Crippen LogP contribution in [0.5, 0.6) is 0 Å². The van der Waals surface area contributed by atoms with Gasteiger partial charge in [0.1, 0.15) is 0 Å². The third-order valence-corrected chi connectivity index (χ3v) is 4.47. The lowest BCUT2D eigenvalue weighted by Crippen LogP contribution is -2.36. The highest BCUT2D eigenvalue weighted by atomic mass is 31.2. The van der Waals surface area contributed by atoms with Gasteiger partial charge in [0, 0.05) is 12.3 Å². The minimum atomic E-state index is -4.31. The number of nitrogens with one attached hydrogen (secondary N) is 1. The van der Waals surface area contributed by atoms with Crippen molar-refractivity contribution in [2.24, 2.45) is 5.92 Å². The topological polar surface area (TPSA) is 140 Å². The molecular formula is C16H29N2O8P. The summed E-state index contributed by atoms with van der Waals surface area (Å²) in [4.78, 5) is 35.0. The van der Waals surface area contributed by atoms with Crippen LogP contribution in [0.25, 0.3) is 0 Å². The van der Waals surface area contributed by atoms with E-state index in [4.69, 9.17) is 13.8 Å². The highest BCUT2D eigenvalue weighted by Crippen LogP contribution is 2.47. The third-order valence-electron chi connectivity index (χ3n) is 3.21. The molecule has 1 rings (SSSR count). The summed E-state index contributed by atoms with van der Waals surface area (Å²) in [6.07, 6.45) is -0.160. The number of ether oxygens (including phenoxy) is 1. The number of rotatable bonds is 10. The van der Waals surface area contributed by atoms with Crippen molar-refractivity contribution in [1.82, 2.24) is 9.55 Å². The van der Waals surface area contributed by atoms with Crippen molar-refractivity contribution >= 4 is 7.82 Å². The largest absolute Gasteiger partial charge is 0.472 e. The fraction of sp³-hybridized carbons (Fsp3) is 0.750. The standard InChI is InChI=1S/C16H29N2O8P/c1-11(2)8-12(10-24-27(22,23)26-16(3,4)5)25-14(9-19)18-7-6-13(20)17-15(18)21/h6-7,11-12,14,19H,8-10H2,1-5H3,(H,22,23)(H,17,20,21)/t12-,14-/m1/s1. The number of hydrogen-bond acceptors (Lipinski definition) is 7.